The van der Waals surface area contributed by atoms with Crippen molar-refractivity contribution in [2.45, 2.75) is 39.3 Å². The van der Waals surface area contributed by atoms with Gasteiger partial charge in [0.05, 0.1) is 0 Å². The number of esters is 1. The van der Waals surface area contributed by atoms with Gasteiger partial charge in [0.25, 0.3) is 5.91 Å². The molecule has 0 aromatic rings. The Kier molecular flexibility index (Phi) is 4.16. The van der Waals surface area contributed by atoms with Crippen molar-refractivity contribution >= 4 is 11.9 Å². The lowest BCUT2D eigenvalue weighted by atomic mass is 10.2. The van der Waals surface area contributed by atoms with Gasteiger partial charge in [0, 0.05) is 0 Å². The molecule has 1 amide bonds. The normalized spacial score (nSPS) is 12.5. The molecule has 0 rings (SSSR count). The molecule has 14 heavy (non-hydrogen) atoms. The molecule has 0 aliphatic carbocycles. The number of carbonyl (C=O) groups is 2. The quantitative estimate of drug-likeness (QED) is 0.517. The molecule has 0 unspecified atom stereocenters. The van der Waals surface area contributed by atoms with E-state index in [2.05, 4.69) is 5.32 Å². The summed E-state index contributed by atoms with van der Waals surface area (Å²) in [5, 5.41) is 2.30. The van der Waals surface area contributed by atoms with E-state index in [0.29, 0.717) is 0 Å². The molecule has 0 saturated heterocycles. The molecular weight excluding hydrogens is 182 g/mol. The SMILES string of the molecule is C#CC(=O)N[C@@H](C)C(=O)OC(C)(C)C. The number of amides is 1. The fraction of sp³-hybridized carbons (Fsp3) is 0.600. The van der Waals surface area contributed by atoms with E-state index in [1.54, 1.807) is 20.8 Å². The molecular formula is C10H15NO3. The molecule has 0 aliphatic rings. The average molecular weight is 197 g/mol. The number of hydrogen-bond acceptors (Lipinski definition) is 3. The molecule has 0 aromatic carbocycles. The maximum absolute atomic E-state index is 11.3. The Hall–Kier alpha value is -1.50. The van der Waals surface area contributed by atoms with Gasteiger partial charge in [0.1, 0.15) is 11.6 Å². The van der Waals surface area contributed by atoms with Crippen LogP contribution < -0.4 is 5.32 Å². The Morgan fingerprint density at radius 2 is 1.93 bits per heavy atom. The lowest BCUT2D eigenvalue weighted by molar-refractivity contribution is -0.157. The van der Waals surface area contributed by atoms with E-state index in [9.17, 15) is 9.59 Å². The van der Waals surface area contributed by atoms with Gasteiger partial charge in [-0.1, -0.05) is 0 Å². The van der Waals surface area contributed by atoms with Crippen molar-refractivity contribution in [3.63, 3.8) is 0 Å². The Bertz CT molecular complexity index is 270. The van der Waals surface area contributed by atoms with Crippen LogP contribution in [0, 0.1) is 12.3 Å². The van der Waals surface area contributed by atoms with Crippen LogP contribution in [0.1, 0.15) is 27.7 Å². The zero-order valence-electron chi connectivity index (χ0n) is 8.88. The number of nitrogens with one attached hydrogen (secondary N) is 1. The van der Waals surface area contributed by atoms with Crippen molar-refractivity contribution in [2.24, 2.45) is 0 Å². The molecule has 0 bridgehead atoms. The molecule has 78 valence electrons. The van der Waals surface area contributed by atoms with Gasteiger partial charge in [-0.2, -0.15) is 0 Å². The lowest BCUT2D eigenvalue weighted by Crippen LogP contribution is -2.41. The molecule has 4 heteroatoms. The molecule has 0 aliphatic heterocycles. The van der Waals surface area contributed by atoms with Gasteiger partial charge in [-0.15, -0.1) is 6.42 Å². The van der Waals surface area contributed by atoms with Crippen LogP contribution in [-0.2, 0) is 14.3 Å². The monoisotopic (exact) mass is 197 g/mol. The Labute approximate surface area is 84.0 Å². The fourth-order valence-electron chi connectivity index (χ4n) is 0.687. The van der Waals surface area contributed by atoms with E-state index < -0.39 is 23.5 Å². The molecule has 0 fully saturated rings. The summed E-state index contributed by atoms with van der Waals surface area (Å²) in [6.45, 7) is 6.77. The predicted octanol–water partition coefficient (Wildman–Crippen LogP) is 0.466. The summed E-state index contributed by atoms with van der Waals surface area (Å²) in [7, 11) is 0. The first kappa shape index (κ1) is 12.5. The van der Waals surface area contributed by atoms with E-state index >= 15 is 0 Å². The molecule has 0 aromatic heterocycles. The lowest BCUT2D eigenvalue weighted by Gasteiger charge is -2.22. The Morgan fingerprint density at radius 3 is 2.29 bits per heavy atom. The minimum absolute atomic E-state index is 0.499. The van der Waals surface area contributed by atoms with E-state index in [1.807, 2.05) is 5.92 Å². The minimum atomic E-state index is -0.724. The fourth-order valence-corrected chi connectivity index (χ4v) is 0.687. The number of carbonyl (C=O) groups excluding carboxylic acids is 2. The second-order valence-corrected chi connectivity index (χ2v) is 3.87. The highest BCUT2D eigenvalue weighted by Crippen LogP contribution is 2.08. The molecule has 4 nitrogen and oxygen atoms in total. The smallest absolute Gasteiger partial charge is 0.328 e. The van der Waals surface area contributed by atoms with Gasteiger partial charge in [0.2, 0.25) is 0 Å². The van der Waals surface area contributed by atoms with E-state index in [0.717, 1.165) is 0 Å². The van der Waals surface area contributed by atoms with Gasteiger partial charge in [-0.25, -0.2) is 4.79 Å². The summed E-state index contributed by atoms with van der Waals surface area (Å²) in [6.07, 6.45) is 4.83. The summed E-state index contributed by atoms with van der Waals surface area (Å²) in [6, 6.07) is -0.724. The third-order valence-corrected chi connectivity index (χ3v) is 1.24. The van der Waals surface area contributed by atoms with Gasteiger partial charge in [-0.05, 0) is 33.6 Å². The standard InChI is InChI=1S/C10H15NO3/c1-6-8(12)11-7(2)9(13)14-10(3,4)5/h1,7H,2-5H3,(H,11,12)/t7-/m0/s1. The van der Waals surface area contributed by atoms with Crippen LogP contribution in [0.5, 0.6) is 0 Å². The van der Waals surface area contributed by atoms with Crippen molar-refractivity contribution in [3.8, 4) is 12.3 Å². The Balaban J connectivity index is 4.15. The van der Waals surface area contributed by atoms with Crippen molar-refractivity contribution in [2.75, 3.05) is 0 Å². The van der Waals surface area contributed by atoms with Gasteiger partial charge in [0.15, 0.2) is 0 Å². The molecule has 0 spiro atoms. The van der Waals surface area contributed by atoms with Crippen molar-refractivity contribution in [3.05, 3.63) is 0 Å². The largest absolute Gasteiger partial charge is 0.458 e. The first-order chi connectivity index (χ1) is 6.26. The highest BCUT2D eigenvalue weighted by atomic mass is 16.6. The first-order valence-corrected chi connectivity index (χ1v) is 4.26. The number of terminal acetylenes is 1. The summed E-state index contributed by atoms with van der Waals surface area (Å²) >= 11 is 0. The average Bonchev–Trinajstić information content (AvgIpc) is 2.00. The molecule has 1 atom stereocenters. The van der Waals surface area contributed by atoms with Gasteiger partial charge < -0.3 is 10.1 Å². The second-order valence-electron chi connectivity index (χ2n) is 3.87. The van der Waals surface area contributed by atoms with Crippen LogP contribution in [0.4, 0.5) is 0 Å². The topological polar surface area (TPSA) is 55.4 Å². The highest BCUT2D eigenvalue weighted by Gasteiger charge is 2.22. The van der Waals surface area contributed by atoms with Crippen LogP contribution in [0.2, 0.25) is 0 Å². The van der Waals surface area contributed by atoms with E-state index in [4.69, 9.17) is 11.2 Å². The summed E-state index contributed by atoms with van der Waals surface area (Å²) < 4.78 is 5.02. The third-order valence-electron chi connectivity index (χ3n) is 1.24. The van der Waals surface area contributed by atoms with E-state index in [1.165, 1.54) is 6.92 Å². The predicted molar refractivity (Wildman–Crippen MR) is 52.3 cm³/mol. The number of rotatable bonds is 2. The van der Waals surface area contributed by atoms with Crippen LogP contribution >= 0.6 is 0 Å². The molecule has 1 N–H and O–H groups in total. The van der Waals surface area contributed by atoms with Gasteiger partial charge in [-0.3, -0.25) is 4.79 Å². The summed E-state index contributed by atoms with van der Waals surface area (Å²) in [4.78, 5) is 22.0. The van der Waals surface area contributed by atoms with Gasteiger partial charge >= 0.3 is 5.97 Å². The van der Waals surface area contributed by atoms with Crippen molar-refractivity contribution in [1.29, 1.82) is 0 Å². The third kappa shape index (κ3) is 5.20. The van der Waals surface area contributed by atoms with Crippen LogP contribution in [0.15, 0.2) is 0 Å². The summed E-state index contributed by atoms with van der Waals surface area (Å²) in [5.41, 5.74) is -0.563. The van der Waals surface area contributed by atoms with Crippen LogP contribution in [0.25, 0.3) is 0 Å². The van der Waals surface area contributed by atoms with Crippen molar-refractivity contribution in [1.82, 2.24) is 5.32 Å². The summed E-state index contributed by atoms with van der Waals surface area (Å²) in [5.74, 6) is 0.735. The second kappa shape index (κ2) is 4.66. The first-order valence-electron chi connectivity index (χ1n) is 4.26. The van der Waals surface area contributed by atoms with E-state index in [-0.39, 0.29) is 0 Å². The maximum Gasteiger partial charge on any atom is 0.328 e. The highest BCUT2D eigenvalue weighted by molar-refractivity contribution is 5.95. The van der Waals surface area contributed by atoms with Crippen molar-refractivity contribution < 1.29 is 14.3 Å². The number of hydrogen-bond donors (Lipinski definition) is 1. The van der Waals surface area contributed by atoms with Crippen LogP contribution in [0.3, 0.4) is 0 Å². The zero-order chi connectivity index (χ0) is 11.4. The Morgan fingerprint density at radius 1 is 1.43 bits per heavy atom. The molecule has 0 radical (unpaired) electrons. The number of ether oxygens (including phenoxy) is 1. The maximum atomic E-state index is 11.3. The zero-order valence-corrected chi connectivity index (χ0v) is 8.88. The molecule has 0 saturated carbocycles. The minimum Gasteiger partial charge on any atom is -0.458 e. The van der Waals surface area contributed by atoms with Crippen LogP contribution in [-0.4, -0.2) is 23.5 Å². The molecule has 0 heterocycles.